The molecule has 1 atom stereocenters. The zero-order chi connectivity index (χ0) is 11.4. The highest BCUT2D eigenvalue weighted by atomic mass is 16.5. The third kappa shape index (κ3) is 2.33. The molecule has 2 aromatic heterocycles. The van der Waals surface area contributed by atoms with Crippen molar-refractivity contribution in [2.24, 2.45) is 0 Å². The van der Waals surface area contributed by atoms with Gasteiger partial charge in [0.25, 0.3) is 0 Å². The normalized spacial score (nSPS) is 12.9. The third-order valence-corrected chi connectivity index (χ3v) is 2.76. The van der Waals surface area contributed by atoms with Gasteiger partial charge < -0.3 is 14.4 Å². The fourth-order valence-corrected chi connectivity index (χ4v) is 1.87. The van der Waals surface area contributed by atoms with E-state index in [0.717, 1.165) is 18.7 Å². The Morgan fingerprint density at radius 3 is 3.00 bits per heavy atom. The summed E-state index contributed by atoms with van der Waals surface area (Å²) >= 11 is 0. The topological polar surface area (TPSA) is 43.0 Å². The van der Waals surface area contributed by atoms with Crippen LogP contribution in [0.25, 0.3) is 0 Å². The molecule has 4 nitrogen and oxygen atoms in total. The Bertz CT molecular complexity index is 415. The zero-order valence-electron chi connectivity index (χ0n) is 9.68. The Balaban J connectivity index is 2.07. The lowest BCUT2D eigenvalue weighted by Crippen LogP contribution is -2.14. The van der Waals surface area contributed by atoms with Gasteiger partial charge in [-0.3, -0.25) is 0 Å². The molecule has 0 fully saturated rings. The van der Waals surface area contributed by atoms with Crippen LogP contribution in [-0.2, 0) is 6.54 Å². The summed E-state index contributed by atoms with van der Waals surface area (Å²) in [7, 11) is 1.99. The molecule has 86 valence electrons. The van der Waals surface area contributed by atoms with Crippen molar-refractivity contribution in [2.75, 3.05) is 7.05 Å². The molecule has 1 unspecified atom stereocenters. The Kier molecular flexibility index (Phi) is 3.41. The predicted molar refractivity (Wildman–Crippen MR) is 62.1 cm³/mol. The van der Waals surface area contributed by atoms with Gasteiger partial charge in [-0.2, -0.15) is 0 Å². The number of hydrogen-bond donors (Lipinski definition) is 1. The van der Waals surface area contributed by atoms with Crippen LogP contribution in [-0.4, -0.2) is 16.8 Å². The molecule has 0 saturated carbocycles. The zero-order valence-corrected chi connectivity index (χ0v) is 9.68. The predicted octanol–water partition coefficient (Wildman–Crippen LogP) is 2.19. The van der Waals surface area contributed by atoms with E-state index in [2.05, 4.69) is 40.4 Å². The van der Waals surface area contributed by atoms with E-state index in [1.807, 2.05) is 13.1 Å². The maximum atomic E-state index is 5.07. The average molecular weight is 219 g/mol. The van der Waals surface area contributed by atoms with Gasteiger partial charge in [-0.25, -0.2) is 0 Å². The first-order valence-corrected chi connectivity index (χ1v) is 5.56. The van der Waals surface area contributed by atoms with Gasteiger partial charge in [-0.15, -0.1) is 0 Å². The quantitative estimate of drug-likeness (QED) is 0.838. The molecular weight excluding hydrogens is 202 g/mol. The SMILES string of the molecule is CCC(NC)c1ccn(Cc2ccno2)c1. The number of nitrogens with one attached hydrogen (secondary N) is 1. The highest BCUT2D eigenvalue weighted by Gasteiger charge is 2.08. The van der Waals surface area contributed by atoms with Gasteiger partial charge in [0, 0.05) is 24.5 Å². The number of nitrogens with zero attached hydrogens (tertiary/aromatic N) is 2. The average Bonchev–Trinajstić information content (AvgIpc) is 2.93. The monoisotopic (exact) mass is 219 g/mol. The molecule has 0 radical (unpaired) electrons. The summed E-state index contributed by atoms with van der Waals surface area (Å²) < 4.78 is 7.18. The lowest BCUT2D eigenvalue weighted by Gasteiger charge is -2.11. The van der Waals surface area contributed by atoms with Crippen LogP contribution >= 0.6 is 0 Å². The smallest absolute Gasteiger partial charge is 0.156 e. The van der Waals surface area contributed by atoms with Crippen molar-refractivity contribution in [1.82, 2.24) is 15.0 Å². The van der Waals surface area contributed by atoms with Crippen LogP contribution in [0.2, 0.25) is 0 Å². The molecule has 0 spiro atoms. The van der Waals surface area contributed by atoms with E-state index in [-0.39, 0.29) is 0 Å². The highest BCUT2D eigenvalue weighted by molar-refractivity contribution is 5.16. The summed E-state index contributed by atoms with van der Waals surface area (Å²) in [5.74, 6) is 0.875. The first kappa shape index (κ1) is 11.0. The standard InChI is InChI=1S/C12H17N3O/c1-3-12(13-2)10-5-7-15(8-10)9-11-4-6-14-16-11/h4-8,12-13H,3,9H2,1-2H3. The molecule has 0 aliphatic heterocycles. The van der Waals surface area contributed by atoms with Crippen LogP contribution in [0.1, 0.15) is 30.7 Å². The molecule has 0 aliphatic carbocycles. The van der Waals surface area contributed by atoms with Gasteiger partial charge in [-0.1, -0.05) is 12.1 Å². The number of hydrogen-bond acceptors (Lipinski definition) is 3. The molecule has 2 rings (SSSR count). The summed E-state index contributed by atoms with van der Waals surface area (Å²) in [6.07, 6.45) is 6.97. The molecule has 0 saturated heterocycles. The van der Waals surface area contributed by atoms with Crippen LogP contribution < -0.4 is 5.32 Å². The first-order chi connectivity index (χ1) is 7.83. The Morgan fingerprint density at radius 2 is 2.38 bits per heavy atom. The molecule has 2 aromatic rings. The summed E-state index contributed by atoms with van der Waals surface area (Å²) in [5.41, 5.74) is 1.31. The minimum absolute atomic E-state index is 0.427. The Morgan fingerprint density at radius 1 is 1.50 bits per heavy atom. The lowest BCUT2D eigenvalue weighted by atomic mass is 10.1. The van der Waals surface area contributed by atoms with Crippen LogP contribution in [0.3, 0.4) is 0 Å². The van der Waals surface area contributed by atoms with Crippen molar-refractivity contribution in [2.45, 2.75) is 25.9 Å². The lowest BCUT2D eigenvalue weighted by molar-refractivity contribution is 0.376. The van der Waals surface area contributed by atoms with Crippen molar-refractivity contribution in [3.05, 3.63) is 42.0 Å². The van der Waals surface area contributed by atoms with Crippen molar-refractivity contribution in [3.8, 4) is 0 Å². The summed E-state index contributed by atoms with van der Waals surface area (Å²) in [5, 5.41) is 6.98. The van der Waals surface area contributed by atoms with Crippen molar-refractivity contribution in [3.63, 3.8) is 0 Å². The molecule has 0 aliphatic rings. The van der Waals surface area contributed by atoms with E-state index in [0.29, 0.717) is 6.04 Å². The summed E-state index contributed by atoms with van der Waals surface area (Å²) in [6, 6.07) is 4.45. The highest BCUT2D eigenvalue weighted by Crippen LogP contribution is 2.16. The van der Waals surface area contributed by atoms with Gasteiger partial charge in [0.2, 0.25) is 0 Å². The van der Waals surface area contributed by atoms with Gasteiger partial charge in [0.05, 0.1) is 12.7 Å². The van der Waals surface area contributed by atoms with E-state index in [1.165, 1.54) is 5.56 Å². The molecule has 2 heterocycles. The summed E-state index contributed by atoms with van der Waals surface area (Å²) in [4.78, 5) is 0. The van der Waals surface area contributed by atoms with Crippen molar-refractivity contribution in [1.29, 1.82) is 0 Å². The molecule has 0 amide bonds. The largest absolute Gasteiger partial charge is 0.359 e. The molecule has 1 N–H and O–H groups in total. The molecular formula is C12H17N3O. The number of rotatable bonds is 5. The van der Waals surface area contributed by atoms with Crippen molar-refractivity contribution >= 4 is 0 Å². The molecule has 0 aromatic carbocycles. The second kappa shape index (κ2) is 4.99. The fourth-order valence-electron chi connectivity index (χ4n) is 1.87. The second-order valence-electron chi connectivity index (χ2n) is 3.85. The first-order valence-electron chi connectivity index (χ1n) is 5.56. The second-order valence-corrected chi connectivity index (χ2v) is 3.85. The maximum absolute atomic E-state index is 5.07. The summed E-state index contributed by atoms with van der Waals surface area (Å²) in [6.45, 7) is 2.91. The number of aromatic nitrogens is 2. The van der Waals surface area contributed by atoms with E-state index in [9.17, 15) is 0 Å². The van der Waals surface area contributed by atoms with E-state index in [1.54, 1.807) is 6.20 Å². The minimum atomic E-state index is 0.427. The van der Waals surface area contributed by atoms with Crippen molar-refractivity contribution < 1.29 is 4.52 Å². The van der Waals surface area contributed by atoms with Gasteiger partial charge in [0.1, 0.15) is 0 Å². The maximum Gasteiger partial charge on any atom is 0.156 e. The van der Waals surface area contributed by atoms with Crippen LogP contribution in [0.5, 0.6) is 0 Å². The third-order valence-electron chi connectivity index (χ3n) is 2.76. The molecule has 4 heteroatoms. The van der Waals surface area contributed by atoms with E-state index in [4.69, 9.17) is 4.52 Å². The van der Waals surface area contributed by atoms with E-state index >= 15 is 0 Å². The Labute approximate surface area is 95.2 Å². The van der Waals surface area contributed by atoms with Crippen LogP contribution in [0.4, 0.5) is 0 Å². The fraction of sp³-hybridized carbons (Fsp3) is 0.417. The molecule has 0 bridgehead atoms. The van der Waals surface area contributed by atoms with Gasteiger partial charge >= 0.3 is 0 Å². The van der Waals surface area contributed by atoms with E-state index < -0.39 is 0 Å². The van der Waals surface area contributed by atoms with Gasteiger partial charge in [0.15, 0.2) is 5.76 Å². The van der Waals surface area contributed by atoms with Gasteiger partial charge in [-0.05, 0) is 25.1 Å². The molecule has 16 heavy (non-hydrogen) atoms. The van der Waals surface area contributed by atoms with Crippen LogP contribution in [0, 0.1) is 0 Å². The Hall–Kier alpha value is -1.55. The minimum Gasteiger partial charge on any atom is -0.359 e. The van der Waals surface area contributed by atoms with Crippen LogP contribution in [0.15, 0.2) is 35.2 Å².